The third-order valence-corrected chi connectivity index (χ3v) is 2.42. The maximum atomic E-state index is 10.9. The number of nitrogens with zero attached hydrogens (tertiary/aromatic N) is 2. The van der Waals surface area contributed by atoms with Crippen LogP contribution in [0.25, 0.3) is 0 Å². The van der Waals surface area contributed by atoms with Crippen LogP contribution >= 0.6 is 0 Å². The Bertz CT molecular complexity index is 519. The van der Waals surface area contributed by atoms with E-state index in [-0.39, 0.29) is 23.5 Å². The highest BCUT2D eigenvalue weighted by Crippen LogP contribution is 2.29. The van der Waals surface area contributed by atoms with Gasteiger partial charge in [-0.25, -0.2) is 4.79 Å². The van der Waals surface area contributed by atoms with Gasteiger partial charge in [0.05, 0.1) is 17.0 Å². The highest BCUT2D eigenvalue weighted by molar-refractivity contribution is 5.90. The second kappa shape index (κ2) is 5.68. The van der Waals surface area contributed by atoms with E-state index in [0.717, 1.165) is 0 Å². The second-order valence-corrected chi connectivity index (χ2v) is 3.48. The van der Waals surface area contributed by atoms with E-state index in [1.807, 2.05) is 0 Å². The van der Waals surface area contributed by atoms with Crippen LogP contribution in [0.2, 0.25) is 0 Å². The minimum Gasteiger partial charge on any atom is -0.478 e. The number of nitro benzene ring substituents is 1. The number of carbonyl (C=O) groups is 1. The first-order chi connectivity index (χ1) is 8.51. The third kappa shape index (κ3) is 2.77. The van der Waals surface area contributed by atoms with Gasteiger partial charge >= 0.3 is 5.97 Å². The molecule has 0 saturated carbocycles. The lowest BCUT2D eigenvalue weighted by Gasteiger charge is -2.20. The van der Waals surface area contributed by atoms with Crippen molar-refractivity contribution < 1.29 is 14.8 Å². The van der Waals surface area contributed by atoms with Crippen LogP contribution in [0.3, 0.4) is 0 Å². The van der Waals surface area contributed by atoms with Crippen LogP contribution < -0.4 is 4.90 Å². The van der Waals surface area contributed by atoms with Crippen LogP contribution in [0.5, 0.6) is 0 Å². The highest BCUT2D eigenvalue weighted by Gasteiger charge is 2.20. The van der Waals surface area contributed by atoms with E-state index in [1.165, 1.54) is 18.2 Å². The number of hydrogen-bond acceptors (Lipinski definition) is 4. The van der Waals surface area contributed by atoms with Crippen LogP contribution in [0.1, 0.15) is 17.3 Å². The van der Waals surface area contributed by atoms with Crippen molar-refractivity contribution in [3.63, 3.8) is 0 Å². The predicted molar refractivity (Wildman–Crippen MR) is 66.8 cm³/mol. The summed E-state index contributed by atoms with van der Waals surface area (Å²) in [5.74, 6) is 1.25. The van der Waals surface area contributed by atoms with Crippen molar-refractivity contribution in [3.05, 3.63) is 33.9 Å². The summed E-state index contributed by atoms with van der Waals surface area (Å²) in [6.07, 6.45) is 5.19. The summed E-state index contributed by atoms with van der Waals surface area (Å²) in [5, 5.41) is 19.8. The van der Waals surface area contributed by atoms with E-state index in [2.05, 4.69) is 5.92 Å². The summed E-state index contributed by atoms with van der Waals surface area (Å²) in [4.78, 5) is 22.8. The molecule has 94 valence electrons. The summed E-state index contributed by atoms with van der Waals surface area (Å²) >= 11 is 0. The number of terminal acetylenes is 1. The Morgan fingerprint density at radius 2 is 2.28 bits per heavy atom. The molecule has 6 heteroatoms. The summed E-state index contributed by atoms with van der Waals surface area (Å²) in [7, 11) is 0. The molecule has 0 aromatic heterocycles. The normalized spacial score (nSPS) is 9.56. The van der Waals surface area contributed by atoms with E-state index in [9.17, 15) is 14.9 Å². The lowest BCUT2D eigenvalue weighted by Crippen LogP contribution is -2.24. The molecule has 0 aliphatic heterocycles. The average Bonchev–Trinajstić information content (AvgIpc) is 2.35. The van der Waals surface area contributed by atoms with Crippen molar-refractivity contribution in [2.75, 3.05) is 18.0 Å². The molecule has 0 unspecified atom stereocenters. The number of aromatic carboxylic acids is 1. The summed E-state index contributed by atoms with van der Waals surface area (Å²) < 4.78 is 0. The Hall–Kier alpha value is -2.55. The molecule has 18 heavy (non-hydrogen) atoms. The van der Waals surface area contributed by atoms with Crippen molar-refractivity contribution in [1.29, 1.82) is 0 Å². The van der Waals surface area contributed by atoms with E-state index in [1.54, 1.807) is 11.8 Å². The van der Waals surface area contributed by atoms with E-state index in [0.29, 0.717) is 6.54 Å². The highest BCUT2D eigenvalue weighted by atomic mass is 16.6. The monoisotopic (exact) mass is 248 g/mol. The third-order valence-electron chi connectivity index (χ3n) is 2.42. The molecule has 0 spiro atoms. The zero-order chi connectivity index (χ0) is 13.7. The second-order valence-electron chi connectivity index (χ2n) is 3.48. The van der Waals surface area contributed by atoms with Gasteiger partial charge in [-0.05, 0) is 19.1 Å². The van der Waals surface area contributed by atoms with Gasteiger partial charge in [0.1, 0.15) is 5.69 Å². The molecule has 1 N–H and O–H groups in total. The fourth-order valence-corrected chi connectivity index (χ4v) is 1.54. The fourth-order valence-electron chi connectivity index (χ4n) is 1.54. The molecule has 0 aliphatic rings. The Kier molecular flexibility index (Phi) is 4.27. The van der Waals surface area contributed by atoms with Crippen LogP contribution in [0.15, 0.2) is 18.2 Å². The van der Waals surface area contributed by atoms with Gasteiger partial charge < -0.3 is 10.0 Å². The number of nitro groups is 1. The lowest BCUT2D eigenvalue weighted by molar-refractivity contribution is -0.384. The van der Waals surface area contributed by atoms with Crippen molar-refractivity contribution in [2.24, 2.45) is 0 Å². The summed E-state index contributed by atoms with van der Waals surface area (Å²) in [6.45, 7) is 2.42. The van der Waals surface area contributed by atoms with Crippen molar-refractivity contribution in [3.8, 4) is 12.3 Å². The van der Waals surface area contributed by atoms with Crippen LogP contribution in [-0.2, 0) is 0 Å². The number of carboxylic acids is 1. The Labute approximate surface area is 104 Å². The van der Waals surface area contributed by atoms with Crippen LogP contribution in [-0.4, -0.2) is 29.1 Å². The molecule has 0 fully saturated rings. The maximum absolute atomic E-state index is 10.9. The molecular formula is C12H12N2O4. The molecule has 0 amide bonds. The first-order valence-corrected chi connectivity index (χ1v) is 5.21. The zero-order valence-corrected chi connectivity index (χ0v) is 9.79. The molecule has 6 nitrogen and oxygen atoms in total. The van der Waals surface area contributed by atoms with Crippen molar-refractivity contribution >= 4 is 17.3 Å². The van der Waals surface area contributed by atoms with Crippen LogP contribution in [0, 0.1) is 22.5 Å². The Balaban J connectivity index is 3.35. The molecule has 0 aliphatic carbocycles. The standard InChI is InChI=1S/C12H12N2O4/c1-3-7-13(4-2)11-8-9(12(15)16)5-6-10(11)14(17)18/h1,5-6,8H,4,7H2,2H3,(H,15,16). The Morgan fingerprint density at radius 3 is 2.72 bits per heavy atom. The number of benzene rings is 1. The number of anilines is 1. The van der Waals surface area contributed by atoms with Gasteiger partial charge in [0.25, 0.3) is 5.69 Å². The maximum Gasteiger partial charge on any atom is 0.335 e. The molecule has 0 radical (unpaired) electrons. The number of rotatable bonds is 5. The molecule has 0 bridgehead atoms. The topological polar surface area (TPSA) is 83.7 Å². The molecule has 1 aromatic carbocycles. The van der Waals surface area contributed by atoms with Crippen molar-refractivity contribution in [1.82, 2.24) is 0 Å². The molecule has 0 atom stereocenters. The van der Waals surface area contributed by atoms with Gasteiger partial charge in [-0.2, -0.15) is 0 Å². The summed E-state index contributed by atoms with van der Waals surface area (Å²) in [5.41, 5.74) is 0.0588. The zero-order valence-electron chi connectivity index (χ0n) is 9.79. The first kappa shape index (κ1) is 13.5. The van der Waals surface area contributed by atoms with E-state index >= 15 is 0 Å². The predicted octanol–water partition coefficient (Wildman–Crippen LogP) is 1.75. The number of carboxylic acid groups (broad SMARTS) is 1. The van der Waals surface area contributed by atoms with Gasteiger partial charge in [-0.15, -0.1) is 6.42 Å². The minimum absolute atomic E-state index is 0.00827. The molecule has 0 saturated heterocycles. The SMILES string of the molecule is C#CCN(CC)c1cc(C(=O)O)ccc1[N+](=O)[O-]. The molecule has 1 rings (SSSR count). The van der Waals surface area contributed by atoms with Gasteiger partial charge in [0.2, 0.25) is 0 Å². The fraction of sp³-hybridized carbons (Fsp3) is 0.250. The van der Waals surface area contributed by atoms with Gasteiger partial charge in [-0.1, -0.05) is 5.92 Å². The first-order valence-electron chi connectivity index (χ1n) is 5.21. The van der Waals surface area contributed by atoms with Gasteiger partial charge in [-0.3, -0.25) is 10.1 Å². The van der Waals surface area contributed by atoms with Crippen LogP contribution in [0.4, 0.5) is 11.4 Å². The average molecular weight is 248 g/mol. The summed E-state index contributed by atoms with van der Waals surface area (Å²) in [6, 6.07) is 3.65. The smallest absolute Gasteiger partial charge is 0.335 e. The number of hydrogen-bond donors (Lipinski definition) is 1. The van der Waals surface area contributed by atoms with E-state index in [4.69, 9.17) is 11.5 Å². The Morgan fingerprint density at radius 1 is 1.61 bits per heavy atom. The van der Waals surface area contributed by atoms with Crippen molar-refractivity contribution in [2.45, 2.75) is 6.92 Å². The largest absolute Gasteiger partial charge is 0.478 e. The molecule has 0 heterocycles. The quantitative estimate of drug-likeness (QED) is 0.487. The minimum atomic E-state index is -1.14. The van der Waals surface area contributed by atoms with Gasteiger partial charge in [0, 0.05) is 12.6 Å². The van der Waals surface area contributed by atoms with E-state index < -0.39 is 10.9 Å². The molecule has 1 aromatic rings. The van der Waals surface area contributed by atoms with Gasteiger partial charge in [0.15, 0.2) is 0 Å². The molecular weight excluding hydrogens is 236 g/mol. The lowest BCUT2D eigenvalue weighted by atomic mass is 10.1.